The second-order valence-electron chi connectivity index (χ2n) is 3.88. The fraction of sp³-hybridized carbons (Fsp3) is 0.0667. The second-order valence-corrected chi connectivity index (χ2v) is 4.76. The first-order valence-corrected chi connectivity index (χ1v) is 6.72. The van der Waals surface area contributed by atoms with Gasteiger partial charge in [-0.2, -0.15) is 0 Å². The van der Waals surface area contributed by atoms with Crippen molar-refractivity contribution in [3.63, 3.8) is 0 Å². The van der Waals surface area contributed by atoms with Crippen LogP contribution in [0.3, 0.4) is 0 Å². The monoisotopic (exact) mass is 240 g/mol. The standard InChI is InChI=1S/C15H12OS/c1-17-13-8-9-15-12(10-13)7-6-11-4-2-3-5-14(11)16-15/h2-10H,1H3. The van der Waals surface area contributed by atoms with Crippen LogP contribution in [0, 0.1) is 0 Å². The van der Waals surface area contributed by atoms with Crippen LogP contribution in [0.5, 0.6) is 11.5 Å². The van der Waals surface area contributed by atoms with E-state index in [9.17, 15) is 0 Å². The van der Waals surface area contributed by atoms with Crippen molar-refractivity contribution in [2.45, 2.75) is 4.90 Å². The van der Waals surface area contributed by atoms with Crippen LogP contribution >= 0.6 is 11.8 Å². The molecule has 0 spiro atoms. The highest BCUT2D eigenvalue weighted by molar-refractivity contribution is 7.98. The van der Waals surface area contributed by atoms with Gasteiger partial charge in [-0.25, -0.2) is 0 Å². The Morgan fingerprint density at radius 1 is 0.882 bits per heavy atom. The summed E-state index contributed by atoms with van der Waals surface area (Å²) in [5.74, 6) is 1.84. The van der Waals surface area contributed by atoms with Gasteiger partial charge >= 0.3 is 0 Å². The van der Waals surface area contributed by atoms with E-state index in [1.54, 1.807) is 11.8 Å². The highest BCUT2D eigenvalue weighted by Gasteiger charge is 2.10. The van der Waals surface area contributed by atoms with Crippen molar-refractivity contribution in [2.75, 3.05) is 6.26 Å². The first-order chi connectivity index (χ1) is 8.36. The number of fused-ring (bicyclic) bond motifs is 2. The lowest BCUT2D eigenvalue weighted by atomic mass is 10.1. The zero-order chi connectivity index (χ0) is 11.7. The van der Waals surface area contributed by atoms with Crippen LogP contribution in [0.15, 0.2) is 47.4 Å². The maximum atomic E-state index is 5.93. The minimum absolute atomic E-state index is 0.916. The highest BCUT2D eigenvalue weighted by Crippen LogP contribution is 2.35. The van der Waals surface area contributed by atoms with Crippen molar-refractivity contribution < 1.29 is 4.74 Å². The molecule has 0 saturated heterocycles. The van der Waals surface area contributed by atoms with Crippen molar-refractivity contribution in [1.29, 1.82) is 0 Å². The van der Waals surface area contributed by atoms with Gasteiger partial charge in [0.05, 0.1) is 0 Å². The third-order valence-electron chi connectivity index (χ3n) is 2.80. The van der Waals surface area contributed by atoms with Gasteiger partial charge in [-0.05, 0) is 30.5 Å². The van der Waals surface area contributed by atoms with Gasteiger partial charge in [-0.15, -0.1) is 11.8 Å². The normalized spacial score (nSPS) is 12.3. The second kappa shape index (κ2) is 4.30. The summed E-state index contributed by atoms with van der Waals surface area (Å²) < 4.78 is 5.93. The van der Waals surface area contributed by atoms with Crippen LogP contribution in [0.4, 0.5) is 0 Å². The molecule has 0 fully saturated rings. The van der Waals surface area contributed by atoms with Gasteiger partial charge < -0.3 is 4.74 Å². The fourth-order valence-corrected chi connectivity index (χ4v) is 2.33. The zero-order valence-corrected chi connectivity index (χ0v) is 10.3. The van der Waals surface area contributed by atoms with E-state index in [1.807, 2.05) is 24.3 Å². The maximum Gasteiger partial charge on any atom is 0.134 e. The third-order valence-corrected chi connectivity index (χ3v) is 3.52. The quantitative estimate of drug-likeness (QED) is 0.571. The first kappa shape index (κ1) is 10.5. The molecule has 0 aliphatic carbocycles. The van der Waals surface area contributed by atoms with Gasteiger partial charge in [0.1, 0.15) is 11.5 Å². The molecule has 0 aromatic heterocycles. The topological polar surface area (TPSA) is 9.23 Å². The molecule has 84 valence electrons. The van der Waals surface area contributed by atoms with Gasteiger partial charge in [0.15, 0.2) is 0 Å². The van der Waals surface area contributed by atoms with Gasteiger partial charge in [-0.1, -0.05) is 30.4 Å². The number of rotatable bonds is 1. The smallest absolute Gasteiger partial charge is 0.134 e. The highest BCUT2D eigenvalue weighted by atomic mass is 32.2. The molecular weight excluding hydrogens is 228 g/mol. The van der Waals surface area contributed by atoms with E-state index >= 15 is 0 Å². The molecule has 0 unspecified atom stereocenters. The van der Waals surface area contributed by atoms with Gasteiger partial charge in [0.2, 0.25) is 0 Å². The molecule has 2 aromatic carbocycles. The predicted molar refractivity (Wildman–Crippen MR) is 73.7 cm³/mol. The van der Waals surface area contributed by atoms with Gasteiger partial charge in [0, 0.05) is 16.0 Å². The summed E-state index contributed by atoms with van der Waals surface area (Å²) in [6, 6.07) is 14.4. The molecule has 0 atom stereocenters. The Morgan fingerprint density at radius 3 is 2.53 bits per heavy atom. The Morgan fingerprint density at radius 2 is 1.65 bits per heavy atom. The number of thioether (sulfide) groups is 1. The number of benzene rings is 2. The Bertz CT molecular complexity index is 587. The number of hydrogen-bond acceptors (Lipinski definition) is 2. The molecule has 0 N–H and O–H groups in total. The Labute approximate surface area is 105 Å². The van der Waals surface area contributed by atoms with Crippen LogP contribution in [0.2, 0.25) is 0 Å². The minimum atomic E-state index is 0.916. The third kappa shape index (κ3) is 1.96. The molecule has 1 heterocycles. The van der Waals surface area contributed by atoms with E-state index in [0.717, 1.165) is 22.6 Å². The van der Waals surface area contributed by atoms with Crippen molar-refractivity contribution >= 4 is 23.9 Å². The summed E-state index contributed by atoms with van der Waals surface area (Å²) in [5.41, 5.74) is 2.25. The van der Waals surface area contributed by atoms with E-state index in [1.165, 1.54) is 4.90 Å². The van der Waals surface area contributed by atoms with Gasteiger partial charge in [0.25, 0.3) is 0 Å². The summed E-state index contributed by atoms with van der Waals surface area (Å²) in [4.78, 5) is 1.25. The zero-order valence-electron chi connectivity index (χ0n) is 9.51. The summed E-state index contributed by atoms with van der Waals surface area (Å²) >= 11 is 1.74. The van der Waals surface area contributed by atoms with E-state index in [0.29, 0.717) is 0 Å². The van der Waals surface area contributed by atoms with Crippen LogP contribution in [-0.4, -0.2) is 6.26 Å². The lowest BCUT2D eigenvalue weighted by Gasteiger charge is -2.09. The summed E-state index contributed by atoms with van der Waals surface area (Å²) in [6.45, 7) is 0. The van der Waals surface area contributed by atoms with Crippen LogP contribution in [-0.2, 0) is 0 Å². The molecule has 0 radical (unpaired) electrons. The van der Waals surface area contributed by atoms with Gasteiger partial charge in [-0.3, -0.25) is 0 Å². The van der Waals surface area contributed by atoms with Crippen molar-refractivity contribution in [3.8, 4) is 11.5 Å². The predicted octanol–water partition coefficient (Wildman–Crippen LogP) is 4.68. The average Bonchev–Trinajstić information content (AvgIpc) is 2.57. The lowest BCUT2D eigenvalue weighted by Crippen LogP contribution is -1.87. The Balaban J connectivity index is 2.11. The lowest BCUT2D eigenvalue weighted by molar-refractivity contribution is 0.481. The fourth-order valence-electron chi connectivity index (χ4n) is 1.89. The Hall–Kier alpha value is -1.67. The Kier molecular flexibility index (Phi) is 2.65. The molecule has 2 heteroatoms. The molecule has 0 amide bonds. The summed E-state index contributed by atoms with van der Waals surface area (Å²) in [5, 5.41) is 0. The van der Waals surface area contributed by atoms with Crippen molar-refractivity contribution in [1.82, 2.24) is 0 Å². The molecule has 3 rings (SSSR count). The molecular formula is C15H12OS. The van der Waals surface area contributed by atoms with E-state index in [-0.39, 0.29) is 0 Å². The first-order valence-electron chi connectivity index (χ1n) is 5.50. The van der Waals surface area contributed by atoms with E-state index in [4.69, 9.17) is 4.74 Å². The molecule has 0 saturated carbocycles. The maximum absolute atomic E-state index is 5.93. The van der Waals surface area contributed by atoms with Crippen LogP contribution < -0.4 is 4.74 Å². The van der Waals surface area contributed by atoms with E-state index in [2.05, 4.69) is 36.6 Å². The molecule has 0 bridgehead atoms. The summed E-state index contributed by atoms with van der Waals surface area (Å²) in [6.07, 6.45) is 6.30. The number of para-hydroxylation sites is 1. The molecule has 1 aliphatic heterocycles. The van der Waals surface area contributed by atoms with Crippen LogP contribution in [0.1, 0.15) is 11.1 Å². The molecule has 17 heavy (non-hydrogen) atoms. The average molecular weight is 240 g/mol. The van der Waals surface area contributed by atoms with E-state index < -0.39 is 0 Å². The van der Waals surface area contributed by atoms with Crippen molar-refractivity contribution in [2.24, 2.45) is 0 Å². The minimum Gasteiger partial charge on any atom is -0.456 e. The largest absolute Gasteiger partial charge is 0.456 e. The van der Waals surface area contributed by atoms with Crippen LogP contribution in [0.25, 0.3) is 12.2 Å². The number of ether oxygens (including phenoxy) is 1. The number of hydrogen-bond donors (Lipinski definition) is 0. The molecule has 1 aliphatic rings. The molecule has 2 aromatic rings. The molecule has 1 nitrogen and oxygen atoms in total. The SMILES string of the molecule is CSc1ccc2c(c1)C=Cc1ccccc1O2. The van der Waals surface area contributed by atoms with Crippen molar-refractivity contribution in [3.05, 3.63) is 53.6 Å². The summed E-state index contributed by atoms with van der Waals surface area (Å²) in [7, 11) is 0.